The molecule has 0 bridgehead atoms. The molecule has 0 radical (unpaired) electrons. The molecule has 1 N–H and O–H groups in total. The summed E-state index contributed by atoms with van der Waals surface area (Å²) in [7, 11) is 0. The summed E-state index contributed by atoms with van der Waals surface area (Å²) in [6.45, 7) is 2.13. The molecule has 0 heterocycles. The summed E-state index contributed by atoms with van der Waals surface area (Å²) in [5.41, 5.74) is -0.314. The minimum absolute atomic E-state index is 0. The van der Waals surface area contributed by atoms with E-state index in [1.54, 1.807) is 0 Å². The zero-order valence-corrected chi connectivity index (χ0v) is 20.6. The minimum atomic E-state index is -0.391. The Morgan fingerprint density at radius 3 is 2.52 bits per heavy atom. The Bertz CT molecular complexity index is 532. The molecular weight excluding hydrogens is 392 g/mol. The molecule has 0 aromatic rings. The molecule has 0 aliphatic heterocycles. The van der Waals surface area contributed by atoms with Crippen LogP contribution in [0.25, 0.3) is 0 Å². The number of rotatable bonds is 2. The van der Waals surface area contributed by atoms with Crippen LogP contribution < -0.4 is 63.3 Å². The van der Waals surface area contributed by atoms with Crippen LogP contribution in [0, 0.1) is 44.6 Å². The minimum Gasteiger partial charge on any atom is -0.854 e. The van der Waals surface area contributed by atoms with E-state index in [9.17, 15) is 20.3 Å². The molecule has 0 aromatic heterocycles. The average molecular weight is 422 g/mol. The fourth-order valence-electron chi connectivity index (χ4n) is 7.63. The van der Waals surface area contributed by atoms with Crippen LogP contribution in [0.2, 0.25) is 0 Å². The Morgan fingerprint density at radius 2 is 1.84 bits per heavy atom. The SMILES string of the molecule is CC12CC[C@H]3C(CCC4C[C@H](O)CCC43C[O-])C1CCC2[N+](=O)[O-].[Rb+]. The van der Waals surface area contributed by atoms with E-state index in [1.807, 2.05) is 0 Å². The number of fused-ring (bicyclic) bond motifs is 5. The van der Waals surface area contributed by atoms with Crippen molar-refractivity contribution in [1.29, 1.82) is 0 Å². The Morgan fingerprint density at radius 1 is 1.08 bits per heavy atom. The van der Waals surface area contributed by atoms with Gasteiger partial charge in [0.2, 0.25) is 6.04 Å². The Balaban J connectivity index is 0.00000182. The van der Waals surface area contributed by atoms with E-state index in [1.165, 1.54) is 0 Å². The zero-order chi connectivity index (χ0) is 17.1. The average Bonchev–Trinajstić information content (AvgIpc) is 2.91. The summed E-state index contributed by atoms with van der Waals surface area (Å²) in [5, 5.41) is 34.0. The van der Waals surface area contributed by atoms with Gasteiger partial charge in [-0.15, -0.1) is 6.61 Å². The van der Waals surface area contributed by atoms with E-state index < -0.39 is 6.04 Å². The molecule has 6 unspecified atom stereocenters. The van der Waals surface area contributed by atoms with Crippen molar-refractivity contribution in [3.05, 3.63) is 10.1 Å². The van der Waals surface area contributed by atoms with E-state index in [0.717, 1.165) is 51.4 Å². The van der Waals surface area contributed by atoms with Gasteiger partial charge in [-0.1, -0.05) is 6.92 Å². The molecule has 0 amide bonds. The number of nitrogens with zero attached hydrogens (tertiary/aromatic N) is 1. The zero-order valence-electron chi connectivity index (χ0n) is 15.7. The fourth-order valence-corrected chi connectivity index (χ4v) is 7.63. The van der Waals surface area contributed by atoms with Gasteiger partial charge in [0.15, 0.2) is 0 Å². The van der Waals surface area contributed by atoms with Crippen LogP contribution in [0.4, 0.5) is 0 Å². The third kappa shape index (κ3) is 3.07. The Hall–Kier alpha value is 1.13. The first-order chi connectivity index (χ1) is 11.4. The molecule has 136 valence electrons. The number of nitro groups is 1. The van der Waals surface area contributed by atoms with E-state index in [2.05, 4.69) is 6.92 Å². The molecule has 4 aliphatic rings. The van der Waals surface area contributed by atoms with Crippen molar-refractivity contribution in [2.75, 3.05) is 6.61 Å². The van der Waals surface area contributed by atoms with Crippen molar-refractivity contribution in [3.63, 3.8) is 0 Å². The molecule has 0 spiro atoms. The molecule has 4 saturated carbocycles. The predicted molar refractivity (Wildman–Crippen MR) is 87.7 cm³/mol. The first kappa shape index (κ1) is 20.8. The van der Waals surface area contributed by atoms with Crippen molar-refractivity contribution in [2.24, 2.45) is 34.5 Å². The first-order valence-electron chi connectivity index (χ1n) is 9.82. The molecule has 4 aliphatic carbocycles. The van der Waals surface area contributed by atoms with Gasteiger partial charge >= 0.3 is 58.2 Å². The quantitative estimate of drug-likeness (QED) is 0.475. The normalized spacial score (nSPS) is 51.6. The van der Waals surface area contributed by atoms with Crippen molar-refractivity contribution in [2.45, 2.75) is 76.9 Å². The molecule has 0 aromatic carbocycles. The van der Waals surface area contributed by atoms with Gasteiger partial charge in [-0.25, -0.2) is 0 Å². The maximum absolute atomic E-state index is 12.4. The fraction of sp³-hybridized carbons (Fsp3) is 1.00. The molecule has 4 rings (SSSR count). The predicted octanol–water partition coefficient (Wildman–Crippen LogP) is -0.620. The number of aliphatic hydroxyl groups excluding tert-OH is 1. The smallest absolute Gasteiger partial charge is 0.854 e. The molecule has 8 atom stereocenters. The van der Waals surface area contributed by atoms with Gasteiger partial charge in [0.25, 0.3) is 0 Å². The van der Waals surface area contributed by atoms with E-state index in [-0.39, 0.29) is 86.7 Å². The van der Waals surface area contributed by atoms with Crippen LogP contribution in [0.15, 0.2) is 0 Å². The van der Waals surface area contributed by atoms with Crippen molar-refractivity contribution < 1.29 is 73.3 Å². The van der Waals surface area contributed by atoms with Gasteiger partial charge in [0.1, 0.15) is 0 Å². The molecular formula is C19H30NO4Rb. The van der Waals surface area contributed by atoms with Crippen LogP contribution in [0.5, 0.6) is 0 Å². The summed E-state index contributed by atoms with van der Waals surface area (Å²) >= 11 is 0. The molecule has 25 heavy (non-hydrogen) atoms. The van der Waals surface area contributed by atoms with Crippen LogP contribution in [0.1, 0.15) is 64.7 Å². The second kappa shape index (κ2) is 7.51. The second-order valence-corrected chi connectivity index (χ2v) is 9.38. The van der Waals surface area contributed by atoms with Crippen LogP contribution in [0.3, 0.4) is 0 Å². The van der Waals surface area contributed by atoms with Gasteiger partial charge < -0.3 is 10.2 Å². The Kier molecular flexibility index (Phi) is 6.26. The van der Waals surface area contributed by atoms with Gasteiger partial charge in [-0.3, -0.25) is 10.1 Å². The standard InChI is InChI=1S/C19H30NO4.Rb/c1-18-8-7-16-14(15(18)4-5-17(18)20(23)24)3-2-12-10-13(22)6-9-19(12,16)11-21;/h12-17,22H,2-11H2,1H3;/q-1;+1/t12?,13-,14?,15?,16+,17?,18?,19?;/m1./s1. The third-order valence-electron chi connectivity index (χ3n) is 8.81. The van der Waals surface area contributed by atoms with Gasteiger partial charge in [0, 0.05) is 16.8 Å². The molecule has 4 fully saturated rings. The summed E-state index contributed by atoms with van der Waals surface area (Å²) in [6.07, 6.45) is 7.90. The van der Waals surface area contributed by atoms with E-state index in [0.29, 0.717) is 30.1 Å². The van der Waals surface area contributed by atoms with E-state index >= 15 is 0 Å². The Labute approximate surface area is 199 Å². The molecule has 5 nitrogen and oxygen atoms in total. The summed E-state index contributed by atoms with van der Waals surface area (Å²) in [4.78, 5) is 11.5. The van der Waals surface area contributed by atoms with Gasteiger partial charge in [0.05, 0.1) is 6.10 Å². The maximum atomic E-state index is 12.4. The van der Waals surface area contributed by atoms with E-state index in [4.69, 9.17) is 0 Å². The summed E-state index contributed by atoms with van der Waals surface area (Å²) < 4.78 is 0. The number of hydrogen-bond donors (Lipinski definition) is 1. The molecule has 6 heteroatoms. The van der Waals surface area contributed by atoms with Gasteiger partial charge in [-0.2, -0.15) is 0 Å². The summed E-state index contributed by atoms with van der Waals surface area (Å²) in [5.74, 6) is 1.72. The van der Waals surface area contributed by atoms with Crippen LogP contribution in [-0.4, -0.2) is 28.8 Å². The van der Waals surface area contributed by atoms with Crippen molar-refractivity contribution in [1.82, 2.24) is 0 Å². The molecule has 0 saturated heterocycles. The number of hydrogen-bond acceptors (Lipinski definition) is 4. The first-order valence-corrected chi connectivity index (χ1v) is 9.82. The van der Waals surface area contributed by atoms with Crippen LogP contribution in [-0.2, 0) is 0 Å². The van der Waals surface area contributed by atoms with Crippen molar-refractivity contribution >= 4 is 0 Å². The van der Waals surface area contributed by atoms with Crippen molar-refractivity contribution in [3.8, 4) is 0 Å². The third-order valence-corrected chi connectivity index (χ3v) is 8.81. The number of aliphatic hydroxyl groups is 1. The topological polar surface area (TPSA) is 86.4 Å². The maximum Gasteiger partial charge on any atom is 1.00 e. The second-order valence-electron chi connectivity index (χ2n) is 9.38. The van der Waals surface area contributed by atoms with Gasteiger partial charge in [-0.05, 0) is 80.5 Å². The van der Waals surface area contributed by atoms with Crippen LogP contribution >= 0.6 is 0 Å². The summed E-state index contributed by atoms with van der Waals surface area (Å²) in [6, 6.07) is -0.391. The largest absolute Gasteiger partial charge is 1.00 e. The monoisotopic (exact) mass is 421 g/mol.